The SMILES string of the molecule is [2H]C1(C)CN(c2ncncc2Oc2ccc(F)cc2C(=O)N(C(C)C)C(C)C)C1. The molecular weight excluding hydrogens is 359 g/mol. The van der Waals surface area contributed by atoms with Crippen LogP contribution in [0.25, 0.3) is 0 Å². The molecule has 1 saturated heterocycles. The summed E-state index contributed by atoms with van der Waals surface area (Å²) in [4.78, 5) is 25.1. The Labute approximate surface area is 166 Å². The van der Waals surface area contributed by atoms with E-state index in [4.69, 9.17) is 6.11 Å². The van der Waals surface area contributed by atoms with E-state index in [1.165, 1.54) is 30.7 Å². The number of hydrogen-bond acceptors (Lipinski definition) is 5. The number of anilines is 1. The molecule has 0 saturated carbocycles. The first kappa shape index (κ1) is 18.7. The van der Waals surface area contributed by atoms with Gasteiger partial charge in [-0.2, -0.15) is 0 Å². The zero-order valence-corrected chi connectivity index (χ0v) is 16.9. The van der Waals surface area contributed by atoms with Crippen LogP contribution in [0.4, 0.5) is 10.2 Å². The Morgan fingerprint density at radius 1 is 1.29 bits per heavy atom. The van der Waals surface area contributed by atoms with Crippen LogP contribution in [0.3, 0.4) is 0 Å². The van der Waals surface area contributed by atoms with Gasteiger partial charge in [-0.15, -0.1) is 0 Å². The van der Waals surface area contributed by atoms with Crippen molar-refractivity contribution >= 4 is 11.7 Å². The number of aromatic nitrogens is 2. The Balaban J connectivity index is 1.95. The van der Waals surface area contributed by atoms with Gasteiger partial charge in [0.25, 0.3) is 5.91 Å². The number of nitrogens with zero attached hydrogens (tertiary/aromatic N) is 4. The molecule has 1 amide bonds. The van der Waals surface area contributed by atoms with Crippen LogP contribution >= 0.6 is 0 Å². The number of ether oxygens (including phenoxy) is 1. The first-order valence-corrected chi connectivity index (χ1v) is 9.44. The van der Waals surface area contributed by atoms with Gasteiger partial charge < -0.3 is 14.5 Å². The van der Waals surface area contributed by atoms with E-state index < -0.39 is 11.7 Å². The molecule has 6 nitrogen and oxygen atoms in total. The molecule has 1 aromatic heterocycles. The maximum Gasteiger partial charge on any atom is 0.258 e. The van der Waals surface area contributed by atoms with Crippen LogP contribution in [0.1, 0.15) is 46.3 Å². The molecule has 0 unspecified atom stereocenters. The standard InChI is InChI=1S/C21H27FN4O2/c1-13(2)26(14(3)4)21(27)17-8-16(22)6-7-18(17)28-19-9-23-12-24-20(19)25-10-15(5)11-25/h6-9,12-15H,10-11H2,1-5H3/i15D. The highest BCUT2D eigenvalue weighted by Gasteiger charge is 2.28. The fraction of sp³-hybridized carbons (Fsp3) is 0.476. The molecule has 0 bridgehead atoms. The molecular formula is C21H27FN4O2. The minimum Gasteiger partial charge on any atom is -0.451 e. The summed E-state index contributed by atoms with van der Waals surface area (Å²) in [5.41, 5.74) is 0.149. The molecule has 0 spiro atoms. The minimum absolute atomic E-state index is 0.0509. The summed E-state index contributed by atoms with van der Waals surface area (Å²) >= 11 is 0. The van der Waals surface area contributed by atoms with Crippen molar-refractivity contribution in [2.75, 3.05) is 18.0 Å². The topological polar surface area (TPSA) is 58.6 Å². The number of halogens is 1. The molecule has 1 aliphatic rings. The summed E-state index contributed by atoms with van der Waals surface area (Å²) in [7, 11) is 0. The Morgan fingerprint density at radius 3 is 2.57 bits per heavy atom. The largest absolute Gasteiger partial charge is 0.451 e. The Bertz CT molecular complexity index is 888. The summed E-state index contributed by atoms with van der Waals surface area (Å²) in [5, 5.41) is 0. The quantitative estimate of drug-likeness (QED) is 0.746. The normalized spacial score (nSPS) is 16.0. The average Bonchev–Trinajstić information content (AvgIpc) is 2.61. The predicted octanol–water partition coefficient (Wildman–Crippen LogP) is 4.12. The highest BCUT2D eigenvalue weighted by molar-refractivity contribution is 5.97. The summed E-state index contributed by atoms with van der Waals surface area (Å²) in [6, 6.07) is 3.80. The molecule has 1 aromatic carbocycles. The van der Waals surface area contributed by atoms with Crippen LogP contribution in [-0.4, -0.2) is 45.9 Å². The van der Waals surface area contributed by atoms with Gasteiger partial charge in [0.15, 0.2) is 11.6 Å². The van der Waals surface area contributed by atoms with Crippen LogP contribution in [0.2, 0.25) is 0 Å². The van der Waals surface area contributed by atoms with E-state index in [0.29, 0.717) is 24.7 Å². The van der Waals surface area contributed by atoms with Crippen molar-refractivity contribution in [3.8, 4) is 11.5 Å². The smallest absolute Gasteiger partial charge is 0.258 e. The van der Waals surface area contributed by atoms with Gasteiger partial charge in [0, 0.05) is 26.5 Å². The van der Waals surface area contributed by atoms with Crippen molar-refractivity contribution in [3.05, 3.63) is 42.1 Å². The molecule has 1 aliphatic heterocycles. The molecule has 150 valence electrons. The number of amides is 1. The van der Waals surface area contributed by atoms with Crippen molar-refractivity contribution < 1.29 is 15.3 Å². The average molecular weight is 387 g/mol. The fourth-order valence-corrected chi connectivity index (χ4v) is 3.46. The third kappa shape index (κ3) is 4.08. The molecule has 2 aromatic rings. The van der Waals surface area contributed by atoms with E-state index >= 15 is 0 Å². The second-order valence-electron chi connectivity index (χ2n) is 7.67. The third-order valence-electron chi connectivity index (χ3n) is 4.62. The lowest BCUT2D eigenvalue weighted by atomic mass is 10.0. The van der Waals surface area contributed by atoms with Crippen molar-refractivity contribution in [1.29, 1.82) is 0 Å². The number of carbonyl (C=O) groups excluding carboxylic acids is 1. The maximum absolute atomic E-state index is 14.0. The highest BCUT2D eigenvalue weighted by Crippen LogP contribution is 2.35. The Hall–Kier alpha value is -2.70. The lowest BCUT2D eigenvalue weighted by Crippen LogP contribution is -2.45. The molecule has 3 rings (SSSR count). The van der Waals surface area contributed by atoms with Gasteiger partial charge in [0.05, 0.1) is 11.8 Å². The fourth-order valence-electron chi connectivity index (χ4n) is 3.46. The van der Waals surface area contributed by atoms with Crippen molar-refractivity contribution in [2.45, 2.75) is 46.7 Å². The summed E-state index contributed by atoms with van der Waals surface area (Å²) in [5.74, 6) is -0.181. The number of carbonyl (C=O) groups is 1. The monoisotopic (exact) mass is 387 g/mol. The summed E-state index contributed by atoms with van der Waals surface area (Å²) < 4.78 is 28.1. The molecule has 0 N–H and O–H groups in total. The van der Waals surface area contributed by atoms with Gasteiger partial charge in [-0.1, -0.05) is 6.92 Å². The number of rotatable bonds is 6. The van der Waals surface area contributed by atoms with E-state index in [1.54, 1.807) is 4.90 Å². The van der Waals surface area contributed by atoms with Gasteiger partial charge >= 0.3 is 0 Å². The van der Waals surface area contributed by atoms with Crippen LogP contribution in [0.5, 0.6) is 11.5 Å². The molecule has 2 heterocycles. The van der Waals surface area contributed by atoms with Gasteiger partial charge in [-0.3, -0.25) is 4.79 Å². The zero-order valence-electron chi connectivity index (χ0n) is 17.9. The molecule has 1 fully saturated rings. The van der Waals surface area contributed by atoms with E-state index in [-0.39, 0.29) is 29.3 Å². The van der Waals surface area contributed by atoms with E-state index in [1.807, 2.05) is 39.5 Å². The maximum atomic E-state index is 14.0. The first-order chi connectivity index (χ1) is 13.6. The predicted molar refractivity (Wildman–Crippen MR) is 106 cm³/mol. The Kier molecular flexibility index (Phi) is 5.41. The lowest BCUT2D eigenvalue weighted by molar-refractivity contribution is 0.0640. The number of benzene rings is 1. The van der Waals surface area contributed by atoms with Crippen molar-refractivity contribution in [2.24, 2.45) is 5.89 Å². The van der Waals surface area contributed by atoms with Crippen molar-refractivity contribution in [1.82, 2.24) is 14.9 Å². The van der Waals surface area contributed by atoms with Crippen LogP contribution < -0.4 is 9.64 Å². The second kappa shape index (κ2) is 8.12. The lowest BCUT2D eigenvalue weighted by Gasteiger charge is -2.38. The minimum atomic E-state index is -0.533. The van der Waals surface area contributed by atoms with Crippen LogP contribution in [0.15, 0.2) is 30.7 Å². The molecule has 0 aliphatic carbocycles. The van der Waals surface area contributed by atoms with E-state index in [9.17, 15) is 9.18 Å². The summed E-state index contributed by atoms with van der Waals surface area (Å²) in [6.07, 6.45) is 2.93. The van der Waals surface area contributed by atoms with Gasteiger partial charge in [0.1, 0.15) is 17.9 Å². The van der Waals surface area contributed by atoms with Gasteiger partial charge in [-0.25, -0.2) is 14.4 Å². The van der Waals surface area contributed by atoms with Gasteiger partial charge in [-0.05, 0) is 51.8 Å². The molecule has 28 heavy (non-hydrogen) atoms. The highest BCUT2D eigenvalue weighted by atomic mass is 19.1. The third-order valence-corrected chi connectivity index (χ3v) is 4.62. The molecule has 7 heteroatoms. The van der Waals surface area contributed by atoms with Gasteiger partial charge in [0.2, 0.25) is 0 Å². The Morgan fingerprint density at radius 2 is 1.96 bits per heavy atom. The zero-order chi connectivity index (χ0) is 21.3. The van der Waals surface area contributed by atoms with Crippen LogP contribution in [-0.2, 0) is 0 Å². The van der Waals surface area contributed by atoms with Crippen LogP contribution in [0, 0.1) is 11.7 Å². The van der Waals surface area contributed by atoms with E-state index in [2.05, 4.69) is 9.97 Å². The second-order valence-corrected chi connectivity index (χ2v) is 7.67. The molecule has 0 radical (unpaired) electrons. The first-order valence-electron chi connectivity index (χ1n) is 9.94. The van der Waals surface area contributed by atoms with Crippen molar-refractivity contribution in [3.63, 3.8) is 0 Å². The van der Waals surface area contributed by atoms with E-state index in [0.717, 1.165) is 0 Å². The molecule has 0 atom stereocenters. The number of hydrogen-bond donors (Lipinski definition) is 0. The summed E-state index contributed by atoms with van der Waals surface area (Å²) in [6.45, 7) is 10.6.